The van der Waals surface area contributed by atoms with Gasteiger partial charge in [-0.2, -0.15) is 0 Å². The molecule has 1 aliphatic rings. The number of carbonyl (C=O) groups is 2. The monoisotopic (exact) mass is 415 g/mol. The highest BCUT2D eigenvalue weighted by molar-refractivity contribution is 7.99. The number of benzene rings is 1. The van der Waals surface area contributed by atoms with E-state index in [1.807, 2.05) is 29.7 Å². The van der Waals surface area contributed by atoms with Crippen molar-refractivity contribution in [3.8, 4) is 0 Å². The molecule has 1 heterocycles. The van der Waals surface area contributed by atoms with E-state index in [0.29, 0.717) is 41.3 Å². The third-order valence-corrected chi connectivity index (χ3v) is 6.31. The van der Waals surface area contributed by atoms with Gasteiger partial charge in [-0.3, -0.25) is 9.59 Å². The Balaban J connectivity index is 1.52. The first-order valence-corrected chi connectivity index (χ1v) is 11.2. The smallest absolute Gasteiger partial charge is 0.251 e. The molecule has 8 heteroatoms. The van der Waals surface area contributed by atoms with Crippen molar-refractivity contribution in [1.29, 1.82) is 0 Å². The Kier molecular flexibility index (Phi) is 7.69. The van der Waals surface area contributed by atoms with E-state index in [2.05, 4.69) is 27.8 Å². The maximum atomic E-state index is 12.4. The molecule has 2 atom stereocenters. The minimum Gasteiger partial charge on any atom is -0.352 e. The zero-order valence-corrected chi connectivity index (χ0v) is 17.9. The molecule has 156 valence electrons. The predicted molar refractivity (Wildman–Crippen MR) is 114 cm³/mol. The number of amides is 2. The van der Waals surface area contributed by atoms with Crippen LogP contribution in [0.1, 0.15) is 55.7 Å². The number of thioether (sulfide) groups is 1. The SMILES string of the molecule is CCn1c(CNC(=O)c2ccccc2)nnc1SCC(=O)N[C@@H]1CCCC[C@H]1C. The van der Waals surface area contributed by atoms with Crippen molar-refractivity contribution in [1.82, 2.24) is 25.4 Å². The van der Waals surface area contributed by atoms with Crippen molar-refractivity contribution < 1.29 is 9.59 Å². The van der Waals surface area contributed by atoms with E-state index >= 15 is 0 Å². The van der Waals surface area contributed by atoms with E-state index in [1.165, 1.54) is 31.0 Å². The summed E-state index contributed by atoms with van der Waals surface area (Å²) < 4.78 is 1.94. The van der Waals surface area contributed by atoms with Gasteiger partial charge < -0.3 is 15.2 Å². The third kappa shape index (κ3) is 5.82. The number of carbonyl (C=O) groups excluding carboxylic acids is 2. The quantitative estimate of drug-likeness (QED) is 0.647. The number of rotatable bonds is 8. The molecule has 1 fully saturated rings. The molecule has 2 aromatic rings. The highest BCUT2D eigenvalue weighted by Gasteiger charge is 2.23. The molecule has 1 aromatic carbocycles. The molecule has 0 bridgehead atoms. The van der Waals surface area contributed by atoms with Crippen molar-refractivity contribution >= 4 is 23.6 Å². The fourth-order valence-corrected chi connectivity index (χ4v) is 4.47. The van der Waals surface area contributed by atoms with Gasteiger partial charge in [-0.05, 0) is 37.8 Å². The van der Waals surface area contributed by atoms with Crippen LogP contribution in [0, 0.1) is 5.92 Å². The maximum Gasteiger partial charge on any atom is 0.251 e. The molecule has 2 N–H and O–H groups in total. The molecule has 29 heavy (non-hydrogen) atoms. The lowest BCUT2D eigenvalue weighted by atomic mass is 9.86. The summed E-state index contributed by atoms with van der Waals surface area (Å²) >= 11 is 1.39. The Morgan fingerprint density at radius 3 is 2.66 bits per heavy atom. The van der Waals surface area contributed by atoms with E-state index in [9.17, 15) is 9.59 Å². The molecule has 2 amide bonds. The Morgan fingerprint density at radius 2 is 1.93 bits per heavy atom. The second-order valence-electron chi connectivity index (χ2n) is 7.42. The second kappa shape index (κ2) is 10.4. The minimum absolute atomic E-state index is 0.0401. The molecule has 1 aliphatic carbocycles. The maximum absolute atomic E-state index is 12.4. The lowest BCUT2D eigenvalue weighted by Crippen LogP contribution is -2.41. The molecule has 1 saturated carbocycles. The molecule has 0 radical (unpaired) electrons. The topological polar surface area (TPSA) is 88.9 Å². The first-order valence-electron chi connectivity index (χ1n) is 10.3. The number of nitrogens with zero attached hydrogens (tertiary/aromatic N) is 3. The molecule has 0 unspecified atom stereocenters. The van der Waals surface area contributed by atoms with Crippen molar-refractivity contribution in [2.24, 2.45) is 5.92 Å². The van der Waals surface area contributed by atoms with E-state index in [0.717, 1.165) is 6.42 Å². The molecule has 3 rings (SSSR count). The summed E-state index contributed by atoms with van der Waals surface area (Å²) in [6.45, 7) is 5.18. The number of hydrogen-bond donors (Lipinski definition) is 2. The van der Waals surface area contributed by atoms with E-state index in [4.69, 9.17) is 0 Å². The van der Waals surface area contributed by atoms with Gasteiger partial charge in [0, 0.05) is 18.2 Å². The summed E-state index contributed by atoms with van der Waals surface area (Å²) in [4.78, 5) is 24.6. The average molecular weight is 416 g/mol. The minimum atomic E-state index is -0.147. The first kappa shape index (κ1) is 21.4. The van der Waals surface area contributed by atoms with Crippen LogP contribution in [0.4, 0.5) is 0 Å². The van der Waals surface area contributed by atoms with Crippen LogP contribution in [0.15, 0.2) is 35.5 Å². The van der Waals surface area contributed by atoms with Gasteiger partial charge in [0.2, 0.25) is 5.91 Å². The van der Waals surface area contributed by atoms with Crippen LogP contribution < -0.4 is 10.6 Å². The van der Waals surface area contributed by atoms with Crippen molar-refractivity contribution in [2.45, 2.75) is 63.8 Å². The lowest BCUT2D eigenvalue weighted by Gasteiger charge is -2.29. The van der Waals surface area contributed by atoms with Crippen molar-refractivity contribution in [3.05, 3.63) is 41.7 Å². The van der Waals surface area contributed by atoms with Crippen LogP contribution in [0.5, 0.6) is 0 Å². The largest absolute Gasteiger partial charge is 0.352 e. The highest BCUT2D eigenvalue weighted by atomic mass is 32.2. The fraction of sp³-hybridized carbons (Fsp3) is 0.524. The highest BCUT2D eigenvalue weighted by Crippen LogP contribution is 2.24. The van der Waals surface area contributed by atoms with Crippen LogP contribution in [-0.2, 0) is 17.9 Å². The van der Waals surface area contributed by atoms with Gasteiger partial charge in [0.1, 0.15) is 0 Å². The van der Waals surface area contributed by atoms with Gasteiger partial charge in [0.25, 0.3) is 5.91 Å². The summed E-state index contributed by atoms with van der Waals surface area (Å²) in [6, 6.07) is 9.36. The van der Waals surface area contributed by atoms with Crippen molar-refractivity contribution in [3.63, 3.8) is 0 Å². The lowest BCUT2D eigenvalue weighted by molar-refractivity contribution is -0.119. The van der Waals surface area contributed by atoms with E-state index in [1.54, 1.807) is 12.1 Å². The Labute approximate surface area is 176 Å². The summed E-state index contributed by atoms with van der Waals surface area (Å²) in [7, 11) is 0. The second-order valence-corrected chi connectivity index (χ2v) is 8.36. The van der Waals surface area contributed by atoms with E-state index in [-0.39, 0.29) is 17.9 Å². The van der Waals surface area contributed by atoms with Crippen molar-refractivity contribution in [2.75, 3.05) is 5.75 Å². The summed E-state index contributed by atoms with van der Waals surface area (Å²) in [5.41, 5.74) is 0.610. The molecular formula is C21H29N5O2S. The third-order valence-electron chi connectivity index (χ3n) is 5.34. The molecule has 0 saturated heterocycles. The Hall–Kier alpha value is -2.35. The molecule has 7 nitrogen and oxygen atoms in total. The van der Waals surface area contributed by atoms with Gasteiger partial charge in [-0.1, -0.05) is 49.7 Å². The zero-order valence-electron chi connectivity index (χ0n) is 17.1. The Bertz CT molecular complexity index is 824. The van der Waals surface area contributed by atoms with Crippen LogP contribution in [0.25, 0.3) is 0 Å². The number of aromatic nitrogens is 3. The molecule has 0 aliphatic heterocycles. The van der Waals surface area contributed by atoms with Crippen LogP contribution >= 0.6 is 11.8 Å². The standard InChI is InChI=1S/C21H29N5O2S/c1-3-26-18(13-22-20(28)16-10-5-4-6-11-16)24-25-21(26)29-14-19(27)23-17-12-8-7-9-15(17)2/h4-6,10-11,15,17H,3,7-9,12-14H2,1-2H3,(H,22,28)(H,23,27)/t15-,17-/m1/s1. The van der Waals surface area contributed by atoms with Crippen LogP contribution in [0.3, 0.4) is 0 Å². The van der Waals surface area contributed by atoms with E-state index < -0.39 is 0 Å². The number of nitrogens with one attached hydrogen (secondary N) is 2. The van der Waals surface area contributed by atoms with Gasteiger partial charge >= 0.3 is 0 Å². The molecular weight excluding hydrogens is 386 g/mol. The predicted octanol–water partition coefficient (Wildman–Crippen LogP) is 3.02. The fourth-order valence-electron chi connectivity index (χ4n) is 3.63. The summed E-state index contributed by atoms with van der Waals surface area (Å²) in [5.74, 6) is 1.43. The average Bonchev–Trinajstić information content (AvgIpc) is 3.14. The van der Waals surface area contributed by atoms with Crippen LogP contribution in [-0.4, -0.2) is 38.4 Å². The van der Waals surface area contributed by atoms with Gasteiger partial charge in [-0.25, -0.2) is 0 Å². The molecule has 1 aromatic heterocycles. The van der Waals surface area contributed by atoms with Crippen LogP contribution in [0.2, 0.25) is 0 Å². The van der Waals surface area contributed by atoms with Gasteiger partial charge in [0.15, 0.2) is 11.0 Å². The van der Waals surface area contributed by atoms with Gasteiger partial charge in [-0.15, -0.1) is 10.2 Å². The molecule has 0 spiro atoms. The Morgan fingerprint density at radius 1 is 1.17 bits per heavy atom. The zero-order chi connectivity index (χ0) is 20.6. The summed E-state index contributed by atoms with van der Waals surface area (Å²) in [5, 5.41) is 15.2. The van der Waals surface area contributed by atoms with Gasteiger partial charge in [0.05, 0.1) is 12.3 Å². The summed E-state index contributed by atoms with van der Waals surface area (Å²) in [6.07, 6.45) is 4.68. The normalized spacial score (nSPS) is 19.0. The first-order chi connectivity index (χ1) is 14.1. The number of hydrogen-bond acceptors (Lipinski definition) is 5.